The van der Waals surface area contributed by atoms with Gasteiger partial charge in [0, 0.05) is 31.5 Å². The first kappa shape index (κ1) is 20.4. The van der Waals surface area contributed by atoms with Gasteiger partial charge in [0.1, 0.15) is 12.2 Å². The molecule has 0 spiro atoms. The van der Waals surface area contributed by atoms with Gasteiger partial charge in [-0.15, -0.1) is 0 Å². The zero-order chi connectivity index (χ0) is 19.5. The molecule has 3 unspecified atom stereocenters. The van der Waals surface area contributed by atoms with Crippen molar-refractivity contribution in [3.8, 4) is 0 Å². The summed E-state index contributed by atoms with van der Waals surface area (Å²) in [4.78, 5) is 31.9. The van der Waals surface area contributed by atoms with Gasteiger partial charge in [0.25, 0.3) is 0 Å². The first-order chi connectivity index (χ1) is 12.1. The molecule has 0 aromatic carbocycles. The highest BCUT2D eigenvalue weighted by Crippen LogP contribution is 2.22. The Morgan fingerprint density at radius 2 is 2.12 bits per heavy atom. The van der Waals surface area contributed by atoms with Crippen LogP contribution in [-0.2, 0) is 9.53 Å². The second-order valence-corrected chi connectivity index (χ2v) is 7.83. The Morgan fingerprint density at radius 1 is 1.42 bits per heavy atom. The van der Waals surface area contributed by atoms with E-state index in [9.17, 15) is 14.7 Å². The Kier molecular flexibility index (Phi) is 6.41. The maximum Gasteiger partial charge on any atom is 0.323 e. The third-order valence-corrected chi connectivity index (χ3v) is 4.76. The van der Waals surface area contributed by atoms with Crippen LogP contribution in [-0.4, -0.2) is 76.7 Å². The molecule has 0 aliphatic carbocycles. The predicted octanol–water partition coefficient (Wildman–Crippen LogP) is 1.53. The molecule has 1 fully saturated rings. The van der Waals surface area contributed by atoms with Gasteiger partial charge in [-0.05, 0) is 32.8 Å². The lowest BCUT2D eigenvalue weighted by Gasteiger charge is -2.43. The third-order valence-electron chi connectivity index (χ3n) is 4.76. The van der Waals surface area contributed by atoms with Crippen molar-refractivity contribution in [1.82, 2.24) is 15.1 Å². The van der Waals surface area contributed by atoms with E-state index in [0.29, 0.717) is 13.1 Å². The number of aliphatic carboxylic acids is 1. The Labute approximate surface area is 154 Å². The van der Waals surface area contributed by atoms with Gasteiger partial charge in [0.05, 0.1) is 12.2 Å². The quantitative estimate of drug-likeness (QED) is 0.769. The van der Waals surface area contributed by atoms with Crippen LogP contribution in [0.1, 0.15) is 34.6 Å². The number of carbonyl (C=O) groups excluding carboxylic acids is 1. The van der Waals surface area contributed by atoms with E-state index in [1.54, 1.807) is 18.5 Å². The minimum absolute atomic E-state index is 0.141. The van der Waals surface area contributed by atoms with E-state index in [-0.39, 0.29) is 30.8 Å². The second kappa shape index (κ2) is 8.18. The Bertz CT molecular complexity index is 588. The number of ether oxygens (including phenoxy) is 1. The number of amides is 2. The summed E-state index contributed by atoms with van der Waals surface area (Å²) >= 11 is 0. The van der Waals surface area contributed by atoms with E-state index in [2.05, 4.69) is 10.3 Å². The number of nitrogens with one attached hydrogen (secondary N) is 1. The number of hydrogen-bond donors (Lipinski definition) is 2. The molecule has 2 heterocycles. The van der Waals surface area contributed by atoms with Gasteiger partial charge in [0.2, 0.25) is 0 Å². The van der Waals surface area contributed by atoms with E-state index in [4.69, 9.17) is 4.74 Å². The summed E-state index contributed by atoms with van der Waals surface area (Å²) in [6, 6.07) is -1.13. The van der Waals surface area contributed by atoms with Gasteiger partial charge in [-0.2, -0.15) is 0 Å². The van der Waals surface area contributed by atoms with Crippen molar-refractivity contribution in [3.63, 3.8) is 0 Å². The molecular formula is C18H30N4O4. The van der Waals surface area contributed by atoms with E-state index >= 15 is 0 Å². The molecule has 26 heavy (non-hydrogen) atoms. The van der Waals surface area contributed by atoms with E-state index < -0.39 is 17.6 Å². The fraction of sp³-hybridized carbons (Fsp3) is 0.722. The van der Waals surface area contributed by atoms with Crippen molar-refractivity contribution in [3.05, 3.63) is 12.3 Å². The zero-order valence-corrected chi connectivity index (χ0v) is 16.2. The number of urea groups is 1. The third kappa shape index (κ3) is 5.04. The Balaban J connectivity index is 2.08. The molecule has 8 nitrogen and oxygen atoms in total. The van der Waals surface area contributed by atoms with Gasteiger partial charge >= 0.3 is 12.0 Å². The molecule has 8 heteroatoms. The number of aliphatic imine (C=N–C) groups is 1. The second-order valence-electron chi connectivity index (χ2n) is 7.83. The van der Waals surface area contributed by atoms with Crippen molar-refractivity contribution >= 4 is 18.2 Å². The van der Waals surface area contributed by atoms with Gasteiger partial charge in [-0.25, -0.2) is 4.79 Å². The van der Waals surface area contributed by atoms with E-state index in [0.717, 1.165) is 0 Å². The summed E-state index contributed by atoms with van der Waals surface area (Å²) in [5.74, 6) is -0.761. The first-order valence-corrected chi connectivity index (χ1v) is 9.00. The minimum Gasteiger partial charge on any atom is -0.480 e. The highest BCUT2D eigenvalue weighted by Gasteiger charge is 2.39. The highest BCUT2D eigenvalue weighted by molar-refractivity contribution is 5.80. The van der Waals surface area contributed by atoms with Crippen LogP contribution in [0.4, 0.5) is 4.79 Å². The summed E-state index contributed by atoms with van der Waals surface area (Å²) < 4.78 is 5.66. The molecule has 0 radical (unpaired) electrons. The summed E-state index contributed by atoms with van der Waals surface area (Å²) in [7, 11) is 0. The molecule has 0 saturated carbocycles. The molecule has 0 bridgehead atoms. The molecule has 0 aromatic rings. The number of hydrogen-bond acceptors (Lipinski definition) is 5. The van der Waals surface area contributed by atoms with Gasteiger partial charge in [-0.1, -0.05) is 13.8 Å². The van der Waals surface area contributed by atoms with Crippen LogP contribution in [0.15, 0.2) is 17.3 Å². The maximum atomic E-state index is 12.6. The van der Waals surface area contributed by atoms with Gasteiger partial charge in [0.15, 0.2) is 0 Å². The molecule has 2 rings (SSSR count). The van der Waals surface area contributed by atoms with E-state index in [1.807, 2.05) is 39.5 Å². The molecule has 2 aliphatic heterocycles. The van der Waals surface area contributed by atoms with Gasteiger partial charge < -0.3 is 15.2 Å². The van der Waals surface area contributed by atoms with Crippen LogP contribution in [0.5, 0.6) is 0 Å². The number of rotatable bonds is 5. The van der Waals surface area contributed by atoms with E-state index in [1.165, 1.54) is 4.90 Å². The average Bonchev–Trinajstić information content (AvgIpc) is 2.53. The molecule has 146 valence electrons. The van der Waals surface area contributed by atoms with Crippen molar-refractivity contribution < 1.29 is 19.4 Å². The van der Waals surface area contributed by atoms with Crippen molar-refractivity contribution in [1.29, 1.82) is 0 Å². The number of carboxylic acids is 1. The summed E-state index contributed by atoms with van der Waals surface area (Å²) in [6.45, 7) is 10.8. The highest BCUT2D eigenvalue weighted by atomic mass is 16.5. The SMILES string of the molecule is CC(C)C(CN1CC(C)(C)OCC1C(=O)O)NC(=O)N1C=CC=NC1C. The normalized spacial score (nSPS) is 26.8. The van der Waals surface area contributed by atoms with Crippen LogP contribution in [0.3, 0.4) is 0 Å². The predicted molar refractivity (Wildman–Crippen MR) is 99.1 cm³/mol. The van der Waals surface area contributed by atoms with Crippen LogP contribution in [0.25, 0.3) is 0 Å². The lowest BCUT2D eigenvalue weighted by atomic mass is 9.99. The summed E-state index contributed by atoms with van der Waals surface area (Å²) in [5, 5.41) is 12.5. The molecule has 3 atom stereocenters. The van der Waals surface area contributed by atoms with Crippen LogP contribution < -0.4 is 5.32 Å². The number of carbonyl (C=O) groups is 2. The number of morpholine rings is 1. The first-order valence-electron chi connectivity index (χ1n) is 9.00. The number of carboxylic acid groups (broad SMARTS) is 1. The van der Waals surface area contributed by atoms with Crippen LogP contribution >= 0.6 is 0 Å². The zero-order valence-electron chi connectivity index (χ0n) is 16.2. The Morgan fingerprint density at radius 3 is 2.69 bits per heavy atom. The topological polar surface area (TPSA) is 94.5 Å². The largest absolute Gasteiger partial charge is 0.480 e. The molecule has 2 N–H and O–H groups in total. The summed E-state index contributed by atoms with van der Waals surface area (Å²) in [5.41, 5.74) is -0.420. The fourth-order valence-corrected chi connectivity index (χ4v) is 3.12. The summed E-state index contributed by atoms with van der Waals surface area (Å²) in [6.07, 6.45) is 4.82. The molecule has 0 aromatic heterocycles. The fourth-order valence-electron chi connectivity index (χ4n) is 3.12. The lowest BCUT2D eigenvalue weighted by Crippen LogP contribution is -2.61. The molecular weight excluding hydrogens is 336 g/mol. The number of nitrogens with zero attached hydrogens (tertiary/aromatic N) is 3. The lowest BCUT2D eigenvalue weighted by molar-refractivity contribution is -0.163. The molecule has 2 aliphatic rings. The minimum atomic E-state index is -0.906. The maximum absolute atomic E-state index is 12.6. The Hall–Kier alpha value is -1.93. The van der Waals surface area contributed by atoms with Crippen molar-refractivity contribution in [2.24, 2.45) is 10.9 Å². The number of allylic oxidation sites excluding steroid dienone is 1. The van der Waals surface area contributed by atoms with Crippen molar-refractivity contribution in [2.45, 2.75) is 58.5 Å². The van der Waals surface area contributed by atoms with Crippen LogP contribution in [0.2, 0.25) is 0 Å². The molecule has 1 saturated heterocycles. The molecule has 2 amide bonds. The smallest absolute Gasteiger partial charge is 0.323 e. The average molecular weight is 366 g/mol. The van der Waals surface area contributed by atoms with Crippen LogP contribution in [0, 0.1) is 5.92 Å². The van der Waals surface area contributed by atoms with Crippen molar-refractivity contribution in [2.75, 3.05) is 19.7 Å². The monoisotopic (exact) mass is 366 g/mol. The standard InChI is InChI=1S/C18H30N4O4/c1-12(2)14(20-17(25)22-8-6-7-19-13(22)3)9-21-11-18(4,5)26-10-15(21)16(23)24/h6-8,12-15H,9-11H2,1-5H3,(H,20,25)(H,23,24). The van der Waals surface area contributed by atoms with Gasteiger partial charge in [-0.3, -0.25) is 19.6 Å².